The first-order chi connectivity index (χ1) is 5.41. The second-order valence-corrected chi connectivity index (χ2v) is 2.43. The Balaban J connectivity index is 4.09. The van der Waals surface area contributed by atoms with E-state index in [1.165, 1.54) is 6.92 Å². The number of carbonyl (C=O) groups excluding carboxylic acids is 1. The van der Waals surface area contributed by atoms with E-state index in [2.05, 4.69) is 4.74 Å². The normalized spacial score (nSPS) is 14.1. The molecule has 12 heavy (non-hydrogen) atoms. The summed E-state index contributed by atoms with van der Waals surface area (Å²) in [6.45, 7) is 1.39. The molecule has 0 amide bonds. The van der Waals surface area contributed by atoms with Gasteiger partial charge in [-0.1, -0.05) is 6.92 Å². The van der Waals surface area contributed by atoms with Gasteiger partial charge in [-0.3, -0.25) is 4.79 Å². The predicted octanol–water partition coefficient (Wildman–Crippen LogP) is 2.14. The first-order valence-electron chi connectivity index (χ1n) is 3.55. The highest BCUT2D eigenvalue weighted by Gasteiger charge is 2.39. The molecule has 0 aliphatic carbocycles. The number of esters is 1. The number of carbonyl (C=O) groups is 1. The van der Waals surface area contributed by atoms with E-state index in [0.29, 0.717) is 0 Å². The molecule has 0 fully saturated rings. The van der Waals surface area contributed by atoms with Crippen LogP contribution in [0.15, 0.2) is 0 Å². The monoisotopic (exact) mass is 184 g/mol. The summed E-state index contributed by atoms with van der Waals surface area (Å²) in [6.07, 6.45) is -4.99. The molecule has 0 aromatic heterocycles. The van der Waals surface area contributed by atoms with E-state index in [-0.39, 0.29) is 6.42 Å². The zero-order valence-electron chi connectivity index (χ0n) is 6.94. The van der Waals surface area contributed by atoms with Gasteiger partial charge in [0.05, 0.1) is 19.4 Å². The summed E-state index contributed by atoms with van der Waals surface area (Å²) in [5.74, 6) is -2.40. The first-order valence-corrected chi connectivity index (χ1v) is 3.55. The molecule has 0 rings (SSSR count). The van der Waals surface area contributed by atoms with Gasteiger partial charge in [-0.05, 0) is 6.42 Å². The lowest BCUT2D eigenvalue weighted by Crippen LogP contribution is -2.25. The topological polar surface area (TPSA) is 26.3 Å². The third-order valence-electron chi connectivity index (χ3n) is 1.60. The van der Waals surface area contributed by atoms with Crippen molar-refractivity contribution in [1.82, 2.24) is 0 Å². The van der Waals surface area contributed by atoms with Crippen molar-refractivity contribution in [2.75, 3.05) is 7.11 Å². The minimum atomic E-state index is -4.30. The van der Waals surface area contributed by atoms with Crippen LogP contribution in [0.2, 0.25) is 0 Å². The Kier molecular flexibility index (Phi) is 4.06. The standard InChI is InChI=1S/C7H11F3O2/c1-3-5(7(8,9)10)4-6(11)12-2/h5H,3-4H2,1-2H3. The molecule has 0 aromatic carbocycles. The Bertz CT molecular complexity index is 153. The van der Waals surface area contributed by atoms with Crippen LogP contribution >= 0.6 is 0 Å². The molecule has 0 heterocycles. The molecule has 5 heteroatoms. The molecule has 0 spiro atoms. The molecule has 1 unspecified atom stereocenters. The minimum Gasteiger partial charge on any atom is -0.469 e. The van der Waals surface area contributed by atoms with Gasteiger partial charge in [-0.2, -0.15) is 13.2 Å². The van der Waals surface area contributed by atoms with Crippen molar-refractivity contribution < 1.29 is 22.7 Å². The molecular formula is C7H11F3O2. The van der Waals surface area contributed by atoms with Crippen molar-refractivity contribution in [3.63, 3.8) is 0 Å². The van der Waals surface area contributed by atoms with Crippen molar-refractivity contribution in [3.8, 4) is 0 Å². The zero-order valence-corrected chi connectivity index (χ0v) is 6.94. The Morgan fingerprint density at radius 3 is 2.25 bits per heavy atom. The highest BCUT2D eigenvalue weighted by molar-refractivity contribution is 5.69. The highest BCUT2D eigenvalue weighted by Crippen LogP contribution is 2.31. The van der Waals surface area contributed by atoms with Crippen LogP contribution in [0.3, 0.4) is 0 Å². The maximum Gasteiger partial charge on any atom is 0.392 e. The lowest BCUT2D eigenvalue weighted by atomic mass is 10.0. The molecule has 0 aliphatic heterocycles. The van der Waals surface area contributed by atoms with Gasteiger partial charge in [-0.15, -0.1) is 0 Å². The van der Waals surface area contributed by atoms with E-state index < -0.39 is 24.5 Å². The van der Waals surface area contributed by atoms with Crippen molar-refractivity contribution in [2.24, 2.45) is 5.92 Å². The van der Waals surface area contributed by atoms with Crippen molar-refractivity contribution >= 4 is 5.97 Å². The molecule has 0 N–H and O–H groups in total. The molecule has 2 nitrogen and oxygen atoms in total. The molecule has 0 aromatic rings. The van der Waals surface area contributed by atoms with E-state index in [1.807, 2.05) is 0 Å². The number of methoxy groups -OCH3 is 1. The third-order valence-corrected chi connectivity index (χ3v) is 1.60. The number of hydrogen-bond acceptors (Lipinski definition) is 2. The summed E-state index contributed by atoms with van der Waals surface area (Å²) in [5, 5.41) is 0. The van der Waals surface area contributed by atoms with Crippen molar-refractivity contribution in [2.45, 2.75) is 25.9 Å². The minimum absolute atomic E-state index is 0.0986. The fraction of sp³-hybridized carbons (Fsp3) is 0.857. The predicted molar refractivity (Wildman–Crippen MR) is 36.5 cm³/mol. The molecule has 0 aliphatic rings. The second-order valence-electron chi connectivity index (χ2n) is 2.43. The number of ether oxygens (including phenoxy) is 1. The summed E-state index contributed by atoms with van der Waals surface area (Å²) in [6, 6.07) is 0. The molecule has 0 saturated carbocycles. The van der Waals surface area contributed by atoms with Gasteiger partial charge in [0, 0.05) is 0 Å². The highest BCUT2D eigenvalue weighted by atomic mass is 19.4. The number of halogens is 3. The molecular weight excluding hydrogens is 173 g/mol. The number of hydrogen-bond donors (Lipinski definition) is 0. The third kappa shape index (κ3) is 3.59. The quantitative estimate of drug-likeness (QED) is 0.628. The molecule has 0 bridgehead atoms. The van der Waals surface area contributed by atoms with Gasteiger partial charge in [0.15, 0.2) is 0 Å². The number of alkyl halides is 3. The van der Waals surface area contributed by atoms with Crippen LogP contribution in [0.4, 0.5) is 13.2 Å². The summed E-state index contributed by atoms with van der Waals surface area (Å²) in [4.78, 5) is 10.5. The van der Waals surface area contributed by atoms with Crippen LogP contribution in [0.5, 0.6) is 0 Å². The Morgan fingerprint density at radius 2 is 2.00 bits per heavy atom. The van der Waals surface area contributed by atoms with E-state index in [0.717, 1.165) is 7.11 Å². The van der Waals surface area contributed by atoms with Gasteiger partial charge in [0.25, 0.3) is 0 Å². The maximum absolute atomic E-state index is 12.0. The van der Waals surface area contributed by atoms with Gasteiger partial charge in [0.1, 0.15) is 0 Å². The van der Waals surface area contributed by atoms with Crippen LogP contribution < -0.4 is 0 Å². The van der Waals surface area contributed by atoms with Gasteiger partial charge < -0.3 is 4.74 Å². The Morgan fingerprint density at radius 1 is 1.50 bits per heavy atom. The summed E-state index contributed by atoms with van der Waals surface area (Å²) in [5.41, 5.74) is 0. The first kappa shape index (κ1) is 11.3. The van der Waals surface area contributed by atoms with Gasteiger partial charge >= 0.3 is 12.1 Å². The van der Waals surface area contributed by atoms with Crippen molar-refractivity contribution in [1.29, 1.82) is 0 Å². The summed E-state index contributed by atoms with van der Waals surface area (Å²) >= 11 is 0. The van der Waals surface area contributed by atoms with Crippen LogP contribution in [-0.2, 0) is 9.53 Å². The van der Waals surface area contributed by atoms with Crippen LogP contribution in [0, 0.1) is 5.92 Å². The summed E-state index contributed by atoms with van der Waals surface area (Å²) < 4.78 is 40.2. The Labute approximate surface area is 68.7 Å². The van der Waals surface area contributed by atoms with Crippen LogP contribution in [-0.4, -0.2) is 19.3 Å². The maximum atomic E-state index is 12.0. The van der Waals surface area contributed by atoms with E-state index in [9.17, 15) is 18.0 Å². The van der Waals surface area contributed by atoms with Crippen LogP contribution in [0.25, 0.3) is 0 Å². The lowest BCUT2D eigenvalue weighted by Gasteiger charge is -2.16. The van der Waals surface area contributed by atoms with Gasteiger partial charge in [0.2, 0.25) is 0 Å². The zero-order chi connectivity index (χ0) is 9.78. The Hall–Kier alpha value is -0.740. The van der Waals surface area contributed by atoms with E-state index >= 15 is 0 Å². The average Bonchev–Trinajstić information content (AvgIpc) is 1.97. The van der Waals surface area contributed by atoms with Crippen molar-refractivity contribution in [3.05, 3.63) is 0 Å². The average molecular weight is 184 g/mol. The van der Waals surface area contributed by atoms with E-state index in [1.54, 1.807) is 0 Å². The largest absolute Gasteiger partial charge is 0.469 e. The summed E-state index contributed by atoms with van der Waals surface area (Å²) in [7, 11) is 1.07. The van der Waals surface area contributed by atoms with Crippen LogP contribution in [0.1, 0.15) is 19.8 Å². The lowest BCUT2D eigenvalue weighted by molar-refractivity contribution is -0.184. The fourth-order valence-electron chi connectivity index (χ4n) is 0.776. The fourth-order valence-corrected chi connectivity index (χ4v) is 0.776. The SMILES string of the molecule is CCC(CC(=O)OC)C(F)(F)F. The molecule has 0 saturated heterocycles. The van der Waals surface area contributed by atoms with Gasteiger partial charge in [-0.25, -0.2) is 0 Å². The molecule has 72 valence electrons. The number of rotatable bonds is 3. The van der Waals surface area contributed by atoms with E-state index in [4.69, 9.17) is 0 Å². The molecule has 1 atom stereocenters. The smallest absolute Gasteiger partial charge is 0.392 e. The second kappa shape index (κ2) is 4.33. The molecule has 0 radical (unpaired) electrons.